The highest BCUT2D eigenvalue weighted by molar-refractivity contribution is 9.10. The fourth-order valence-electron chi connectivity index (χ4n) is 2.63. The van der Waals surface area contributed by atoms with Crippen LogP contribution in [0, 0.1) is 5.92 Å². The van der Waals surface area contributed by atoms with Crippen LogP contribution in [-0.4, -0.2) is 50.8 Å². The zero-order valence-electron chi connectivity index (χ0n) is 12.4. The summed E-state index contributed by atoms with van der Waals surface area (Å²) in [5, 5.41) is 5.11. The van der Waals surface area contributed by atoms with Gasteiger partial charge in [-0.05, 0) is 54.3 Å². The van der Waals surface area contributed by atoms with Gasteiger partial charge in [-0.3, -0.25) is 0 Å². The molecule has 1 aliphatic heterocycles. The monoisotopic (exact) mass is 395 g/mol. The summed E-state index contributed by atoms with van der Waals surface area (Å²) in [5.74, 6) is 0.405. The van der Waals surface area contributed by atoms with Gasteiger partial charge >= 0.3 is 0 Å². The van der Waals surface area contributed by atoms with E-state index < -0.39 is 10.2 Å². The van der Waals surface area contributed by atoms with E-state index in [4.69, 9.17) is 0 Å². The molecule has 120 valence electrons. The highest BCUT2D eigenvalue weighted by Gasteiger charge is 2.31. The first-order valence-electron chi connectivity index (χ1n) is 7.02. The lowest BCUT2D eigenvalue weighted by Crippen LogP contribution is -2.47. The first-order valence-corrected chi connectivity index (χ1v) is 10.1. The Morgan fingerprint density at radius 1 is 1.57 bits per heavy atom. The number of rotatable bonds is 6. The van der Waals surface area contributed by atoms with E-state index in [1.54, 1.807) is 22.7 Å². The van der Waals surface area contributed by atoms with Crippen LogP contribution >= 0.6 is 27.3 Å². The molecule has 1 N–H and O–H groups in total. The predicted octanol–water partition coefficient (Wildman–Crippen LogP) is 2.12. The average molecular weight is 396 g/mol. The van der Waals surface area contributed by atoms with Crippen molar-refractivity contribution in [3.8, 4) is 0 Å². The zero-order chi connectivity index (χ0) is 15.5. The number of hydrogen-bond acceptors (Lipinski definition) is 4. The van der Waals surface area contributed by atoms with Crippen LogP contribution in [-0.2, 0) is 16.8 Å². The molecule has 0 bridgehead atoms. The predicted molar refractivity (Wildman–Crippen MR) is 90.6 cm³/mol. The molecule has 21 heavy (non-hydrogen) atoms. The summed E-state index contributed by atoms with van der Waals surface area (Å²) in [6, 6.07) is 1.97. The van der Waals surface area contributed by atoms with E-state index in [9.17, 15) is 8.42 Å². The molecule has 1 atom stereocenters. The van der Waals surface area contributed by atoms with E-state index in [0.29, 0.717) is 25.6 Å². The van der Waals surface area contributed by atoms with Crippen molar-refractivity contribution in [3.05, 3.63) is 20.8 Å². The van der Waals surface area contributed by atoms with Crippen LogP contribution in [0.5, 0.6) is 0 Å². The van der Waals surface area contributed by atoms with Gasteiger partial charge in [0.15, 0.2) is 0 Å². The molecule has 0 spiro atoms. The normalized spacial score (nSPS) is 21.0. The molecule has 0 saturated carbocycles. The van der Waals surface area contributed by atoms with Gasteiger partial charge in [0.25, 0.3) is 10.2 Å². The molecule has 1 aromatic heterocycles. The van der Waals surface area contributed by atoms with Crippen molar-refractivity contribution in [3.63, 3.8) is 0 Å². The Kier molecular flexibility index (Phi) is 6.22. The average Bonchev–Trinajstić information content (AvgIpc) is 2.85. The van der Waals surface area contributed by atoms with Crippen LogP contribution in [0.4, 0.5) is 0 Å². The summed E-state index contributed by atoms with van der Waals surface area (Å²) in [6.45, 7) is 2.53. The van der Waals surface area contributed by atoms with E-state index in [1.165, 1.54) is 4.31 Å². The number of hydrogen-bond donors (Lipinski definition) is 1. The first-order chi connectivity index (χ1) is 9.93. The van der Waals surface area contributed by atoms with Crippen LogP contribution in [0.25, 0.3) is 0 Å². The largest absolute Gasteiger partial charge is 0.319 e. The maximum Gasteiger partial charge on any atom is 0.282 e. The molecule has 0 radical (unpaired) electrons. The van der Waals surface area contributed by atoms with Crippen molar-refractivity contribution >= 4 is 37.5 Å². The van der Waals surface area contributed by atoms with Gasteiger partial charge in [0.2, 0.25) is 0 Å². The van der Waals surface area contributed by atoms with E-state index in [0.717, 1.165) is 28.7 Å². The van der Waals surface area contributed by atoms with Gasteiger partial charge in [-0.2, -0.15) is 17.0 Å². The minimum absolute atomic E-state index is 0.405. The zero-order valence-corrected chi connectivity index (χ0v) is 15.6. The van der Waals surface area contributed by atoms with Crippen LogP contribution < -0.4 is 5.32 Å². The van der Waals surface area contributed by atoms with Crippen molar-refractivity contribution in [2.75, 3.05) is 33.7 Å². The second kappa shape index (κ2) is 7.52. The Morgan fingerprint density at radius 3 is 2.95 bits per heavy atom. The topological polar surface area (TPSA) is 52.7 Å². The van der Waals surface area contributed by atoms with Crippen LogP contribution in [0.1, 0.15) is 17.7 Å². The van der Waals surface area contributed by atoms with Crippen molar-refractivity contribution in [1.82, 2.24) is 13.9 Å². The van der Waals surface area contributed by atoms with Gasteiger partial charge in [-0.1, -0.05) is 0 Å². The summed E-state index contributed by atoms with van der Waals surface area (Å²) in [6.07, 6.45) is 2.03. The fourth-order valence-corrected chi connectivity index (χ4v) is 5.67. The van der Waals surface area contributed by atoms with E-state index in [2.05, 4.69) is 21.2 Å². The summed E-state index contributed by atoms with van der Waals surface area (Å²) >= 11 is 4.97. The summed E-state index contributed by atoms with van der Waals surface area (Å²) in [7, 11) is 0.196. The molecule has 1 saturated heterocycles. The number of nitrogens with zero attached hydrogens (tertiary/aromatic N) is 2. The Bertz CT molecular complexity index is 560. The third kappa shape index (κ3) is 4.49. The van der Waals surface area contributed by atoms with Gasteiger partial charge in [0.1, 0.15) is 0 Å². The van der Waals surface area contributed by atoms with Gasteiger partial charge in [-0.15, -0.1) is 11.3 Å². The molecule has 0 amide bonds. The standard InChI is InChI=1S/C13H22BrN3O2S2/c1-15-7-11-4-3-5-17(8-11)21(18,19)16(2)9-13-6-12(14)10-20-13/h6,10-11,15H,3-5,7-9H2,1-2H3. The van der Waals surface area contributed by atoms with E-state index in [-0.39, 0.29) is 0 Å². The molecule has 0 aliphatic carbocycles. The summed E-state index contributed by atoms with van der Waals surface area (Å²) < 4.78 is 29.4. The number of thiophene rings is 1. The second-order valence-corrected chi connectivity index (χ2v) is 9.37. The minimum Gasteiger partial charge on any atom is -0.319 e. The maximum atomic E-state index is 12.7. The van der Waals surface area contributed by atoms with Crippen LogP contribution in [0.2, 0.25) is 0 Å². The Hall–Kier alpha value is 0.01000. The SMILES string of the molecule is CNCC1CCCN(S(=O)(=O)N(C)Cc2cc(Br)cs2)C1. The molecule has 1 fully saturated rings. The molecule has 1 aliphatic rings. The first kappa shape index (κ1) is 17.4. The molecule has 1 unspecified atom stereocenters. The maximum absolute atomic E-state index is 12.7. The highest BCUT2D eigenvalue weighted by atomic mass is 79.9. The van der Waals surface area contributed by atoms with Gasteiger partial charge in [-0.25, -0.2) is 0 Å². The lowest BCUT2D eigenvalue weighted by molar-refractivity contribution is 0.248. The third-order valence-electron chi connectivity index (χ3n) is 3.69. The molecule has 1 aromatic rings. The lowest BCUT2D eigenvalue weighted by Gasteiger charge is -2.34. The number of nitrogens with one attached hydrogen (secondary N) is 1. The molecule has 2 heterocycles. The van der Waals surface area contributed by atoms with Crippen LogP contribution in [0.15, 0.2) is 15.9 Å². The third-order valence-corrected chi connectivity index (χ3v) is 7.28. The van der Waals surface area contributed by atoms with Crippen molar-refractivity contribution in [1.29, 1.82) is 0 Å². The number of piperidine rings is 1. The molecule has 5 nitrogen and oxygen atoms in total. The van der Waals surface area contributed by atoms with Crippen molar-refractivity contribution in [2.24, 2.45) is 5.92 Å². The van der Waals surface area contributed by atoms with Crippen LogP contribution in [0.3, 0.4) is 0 Å². The Morgan fingerprint density at radius 2 is 2.33 bits per heavy atom. The van der Waals surface area contributed by atoms with Crippen molar-refractivity contribution < 1.29 is 8.42 Å². The molecular formula is C13H22BrN3O2S2. The summed E-state index contributed by atoms with van der Waals surface area (Å²) in [4.78, 5) is 1.04. The Labute approximate surface area is 139 Å². The lowest BCUT2D eigenvalue weighted by atomic mass is 10.00. The molecule has 0 aromatic carbocycles. The van der Waals surface area contributed by atoms with Crippen molar-refractivity contribution in [2.45, 2.75) is 19.4 Å². The van der Waals surface area contributed by atoms with Gasteiger partial charge < -0.3 is 5.32 Å². The van der Waals surface area contributed by atoms with Gasteiger partial charge in [0, 0.05) is 41.4 Å². The van der Waals surface area contributed by atoms with E-state index in [1.807, 2.05) is 18.5 Å². The smallest absolute Gasteiger partial charge is 0.282 e. The minimum atomic E-state index is -3.37. The molecular weight excluding hydrogens is 374 g/mol. The van der Waals surface area contributed by atoms with E-state index >= 15 is 0 Å². The fraction of sp³-hybridized carbons (Fsp3) is 0.692. The number of halogens is 1. The molecule has 8 heteroatoms. The summed E-state index contributed by atoms with van der Waals surface area (Å²) in [5.41, 5.74) is 0. The quantitative estimate of drug-likeness (QED) is 0.802. The highest BCUT2D eigenvalue weighted by Crippen LogP contribution is 2.24. The molecule has 2 rings (SSSR count). The van der Waals surface area contributed by atoms with Gasteiger partial charge in [0.05, 0.1) is 0 Å². The Balaban J connectivity index is 2.02. The second-order valence-electron chi connectivity index (χ2n) is 5.42.